The summed E-state index contributed by atoms with van der Waals surface area (Å²) in [6.07, 6.45) is 2.44. The van der Waals surface area contributed by atoms with Gasteiger partial charge in [0.2, 0.25) is 0 Å². The zero-order valence-corrected chi connectivity index (χ0v) is 14.1. The van der Waals surface area contributed by atoms with E-state index in [9.17, 15) is 8.42 Å². The molecule has 0 heterocycles. The minimum Gasteiger partial charge on any atom is -0.485 e. The van der Waals surface area contributed by atoms with Crippen molar-refractivity contribution in [3.05, 3.63) is 54.1 Å². The van der Waals surface area contributed by atoms with Crippen molar-refractivity contribution in [2.75, 3.05) is 11.7 Å². The van der Waals surface area contributed by atoms with Gasteiger partial charge in [0, 0.05) is 6.26 Å². The summed E-state index contributed by atoms with van der Waals surface area (Å²) in [6, 6.07) is 15.2. The van der Waals surface area contributed by atoms with Crippen molar-refractivity contribution in [2.24, 2.45) is 5.10 Å². The van der Waals surface area contributed by atoms with Crippen LogP contribution in [0.3, 0.4) is 0 Å². The van der Waals surface area contributed by atoms with Crippen molar-refractivity contribution in [2.45, 2.75) is 17.9 Å². The smallest absolute Gasteiger partial charge is 0.175 e. The number of hydrogen-bond donors (Lipinski definition) is 1. The van der Waals surface area contributed by atoms with E-state index in [1.54, 1.807) is 42.6 Å². The van der Waals surface area contributed by atoms with Crippen molar-refractivity contribution in [1.82, 2.24) is 0 Å². The van der Waals surface area contributed by atoms with Gasteiger partial charge in [0.1, 0.15) is 11.9 Å². The summed E-state index contributed by atoms with van der Waals surface area (Å²) in [5.41, 5.74) is 4.18. The summed E-state index contributed by atoms with van der Waals surface area (Å²) in [5.74, 6) is 0.555. The first-order valence-corrected chi connectivity index (χ1v) is 9.04. The fourth-order valence-electron chi connectivity index (χ4n) is 1.85. The number of rotatable bonds is 6. The zero-order chi connectivity index (χ0) is 17.6. The van der Waals surface area contributed by atoms with E-state index in [2.05, 4.69) is 10.5 Å². The van der Waals surface area contributed by atoms with E-state index in [1.807, 2.05) is 13.0 Å². The lowest BCUT2D eigenvalue weighted by Crippen LogP contribution is -2.14. The molecule has 2 aromatic rings. The second-order valence-corrected chi connectivity index (χ2v) is 7.16. The van der Waals surface area contributed by atoms with E-state index in [1.165, 1.54) is 12.1 Å². The molecule has 1 unspecified atom stereocenters. The molecule has 24 heavy (non-hydrogen) atoms. The second-order valence-electron chi connectivity index (χ2n) is 5.15. The Morgan fingerprint density at radius 1 is 1.17 bits per heavy atom. The highest BCUT2D eigenvalue weighted by atomic mass is 32.2. The molecule has 0 radical (unpaired) electrons. The number of nitrogens with one attached hydrogen (secondary N) is 1. The highest BCUT2D eigenvalue weighted by Gasteiger charge is 2.07. The van der Waals surface area contributed by atoms with Crippen LogP contribution in [0.5, 0.6) is 5.75 Å². The lowest BCUT2D eigenvalue weighted by Gasteiger charge is -2.10. The van der Waals surface area contributed by atoms with Crippen molar-refractivity contribution in [3.63, 3.8) is 0 Å². The molecule has 7 heteroatoms. The lowest BCUT2D eigenvalue weighted by atomic mass is 10.2. The summed E-state index contributed by atoms with van der Waals surface area (Å²) < 4.78 is 28.4. The van der Waals surface area contributed by atoms with Gasteiger partial charge in [-0.2, -0.15) is 10.4 Å². The molecule has 0 saturated heterocycles. The Labute approximate surface area is 141 Å². The third-order valence-electron chi connectivity index (χ3n) is 3.07. The molecule has 6 nitrogen and oxygen atoms in total. The predicted molar refractivity (Wildman–Crippen MR) is 92.9 cm³/mol. The van der Waals surface area contributed by atoms with Gasteiger partial charge < -0.3 is 4.74 Å². The van der Waals surface area contributed by atoms with Gasteiger partial charge >= 0.3 is 0 Å². The SMILES string of the molecule is CC(C=NNc1ccc(C#N)cc1)Oc1ccc(S(C)(=O)=O)cc1. The molecule has 0 aromatic heterocycles. The van der Waals surface area contributed by atoms with E-state index in [0.717, 1.165) is 11.9 Å². The molecule has 0 saturated carbocycles. The third kappa shape index (κ3) is 5.11. The van der Waals surface area contributed by atoms with Crippen molar-refractivity contribution in [3.8, 4) is 11.8 Å². The summed E-state index contributed by atoms with van der Waals surface area (Å²) in [5, 5.41) is 12.8. The van der Waals surface area contributed by atoms with E-state index in [4.69, 9.17) is 10.00 Å². The Kier molecular flexibility index (Phi) is 5.55. The first-order chi connectivity index (χ1) is 11.4. The molecule has 0 aliphatic rings. The van der Waals surface area contributed by atoms with Crippen LogP contribution in [0.15, 0.2) is 58.5 Å². The summed E-state index contributed by atoms with van der Waals surface area (Å²) in [6.45, 7) is 1.81. The minimum atomic E-state index is -3.21. The Balaban J connectivity index is 1.90. The Morgan fingerprint density at radius 3 is 2.33 bits per heavy atom. The predicted octanol–water partition coefficient (Wildman–Crippen LogP) is 2.83. The second kappa shape index (κ2) is 7.62. The molecule has 1 atom stereocenters. The van der Waals surface area contributed by atoms with Crippen LogP contribution in [0.1, 0.15) is 12.5 Å². The van der Waals surface area contributed by atoms with Crippen LogP contribution in [0.4, 0.5) is 5.69 Å². The van der Waals surface area contributed by atoms with Crippen LogP contribution in [0, 0.1) is 11.3 Å². The number of hydrogen-bond acceptors (Lipinski definition) is 6. The Bertz CT molecular complexity index is 851. The van der Waals surface area contributed by atoms with Gasteiger partial charge in [0.25, 0.3) is 0 Å². The molecule has 0 amide bonds. The number of ether oxygens (including phenoxy) is 1. The molecule has 0 aliphatic heterocycles. The van der Waals surface area contributed by atoms with Crippen LogP contribution >= 0.6 is 0 Å². The molecule has 1 N–H and O–H groups in total. The molecule has 0 spiro atoms. The van der Waals surface area contributed by atoms with Gasteiger partial charge in [-0.05, 0) is 55.5 Å². The zero-order valence-electron chi connectivity index (χ0n) is 13.3. The topological polar surface area (TPSA) is 91.5 Å². The number of nitriles is 1. The standard InChI is InChI=1S/C17H17N3O3S/c1-13(12-19-20-15-5-3-14(11-18)4-6-15)23-16-7-9-17(10-8-16)24(2,21)22/h3-10,12-13,20H,1-2H3. The van der Waals surface area contributed by atoms with Crippen LogP contribution in [-0.4, -0.2) is 27.0 Å². The largest absolute Gasteiger partial charge is 0.485 e. The van der Waals surface area contributed by atoms with Crippen LogP contribution in [0.25, 0.3) is 0 Å². The van der Waals surface area contributed by atoms with Crippen molar-refractivity contribution >= 4 is 21.7 Å². The molecule has 0 fully saturated rings. The average molecular weight is 343 g/mol. The molecular weight excluding hydrogens is 326 g/mol. The van der Waals surface area contributed by atoms with Gasteiger partial charge in [0.15, 0.2) is 9.84 Å². The molecule has 2 rings (SSSR count). The fourth-order valence-corrected chi connectivity index (χ4v) is 2.48. The first-order valence-electron chi connectivity index (χ1n) is 7.14. The van der Waals surface area contributed by atoms with Crippen LogP contribution in [-0.2, 0) is 9.84 Å². The minimum absolute atomic E-state index is 0.249. The molecule has 2 aromatic carbocycles. The van der Waals surface area contributed by atoms with E-state index in [-0.39, 0.29) is 11.0 Å². The van der Waals surface area contributed by atoms with Crippen LogP contribution in [0.2, 0.25) is 0 Å². The maximum Gasteiger partial charge on any atom is 0.175 e. The summed E-state index contributed by atoms with van der Waals surface area (Å²) in [7, 11) is -3.21. The molecular formula is C17H17N3O3S. The molecule has 0 bridgehead atoms. The van der Waals surface area contributed by atoms with E-state index in [0.29, 0.717) is 11.3 Å². The lowest BCUT2D eigenvalue weighted by molar-refractivity contribution is 0.291. The maximum atomic E-state index is 11.4. The normalized spacial score (nSPS) is 12.5. The number of sulfone groups is 1. The van der Waals surface area contributed by atoms with E-state index < -0.39 is 9.84 Å². The average Bonchev–Trinajstić information content (AvgIpc) is 2.55. The number of hydrazone groups is 1. The van der Waals surface area contributed by atoms with Gasteiger partial charge in [-0.15, -0.1) is 0 Å². The van der Waals surface area contributed by atoms with Crippen molar-refractivity contribution < 1.29 is 13.2 Å². The van der Waals surface area contributed by atoms with Gasteiger partial charge in [0.05, 0.1) is 28.4 Å². The number of nitrogens with zero attached hydrogens (tertiary/aromatic N) is 2. The quantitative estimate of drug-likeness (QED) is 0.643. The summed E-state index contributed by atoms with van der Waals surface area (Å²) >= 11 is 0. The maximum absolute atomic E-state index is 11.4. The van der Waals surface area contributed by atoms with Crippen molar-refractivity contribution in [1.29, 1.82) is 5.26 Å². The van der Waals surface area contributed by atoms with Gasteiger partial charge in [-0.25, -0.2) is 8.42 Å². The van der Waals surface area contributed by atoms with Crippen LogP contribution < -0.4 is 10.2 Å². The first kappa shape index (κ1) is 17.5. The summed E-state index contributed by atoms with van der Waals surface area (Å²) in [4.78, 5) is 0.249. The van der Waals surface area contributed by atoms with E-state index >= 15 is 0 Å². The highest BCUT2D eigenvalue weighted by molar-refractivity contribution is 7.90. The molecule has 0 aliphatic carbocycles. The fraction of sp³-hybridized carbons (Fsp3) is 0.176. The monoisotopic (exact) mass is 343 g/mol. The Morgan fingerprint density at radius 2 is 1.79 bits per heavy atom. The van der Waals surface area contributed by atoms with Gasteiger partial charge in [-0.1, -0.05) is 0 Å². The third-order valence-corrected chi connectivity index (χ3v) is 4.19. The Hall–Kier alpha value is -2.85. The number of benzene rings is 2. The molecule has 124 valence electrons. The van der Waals surface area contributed by atoms with Gasteiger partial charge in [-0.3, -0.25) is 5.43 Å². The highest BCUT2D eigenvalue weighted by Crippen LogP contribution is 2.16. The number of anilines is 1.